The van der Waals surface area contributed by atoms with Crippen LogP contribution in [0, 0.1) is 0 Å². The minimum Gasteiger partial charge on any atom is -0.494 e. The molecule has 310 valence electrons. The topological polar surface area (TPSA) is 212 Å². The van der Waals surface area contributed by atoms with Crippen molar-refractivity contribution in [3.63, 3.8) is 0 Å². The number of ether oxygens (including phenoxy) is 2. The number of thiophene rings is 2. The minimum atomic E-state index is -4.59. The number of nitrogens with zero attached hydrogens (tertiary/aromatic N) is 9. The molecule has 0 aliphatic carbocycles. The Kier molecular flexibility index (Phi) is 16.2. The fourth-order valence-corrected chi connectivity index (χ4v) is 9.74. The van der Waals surface area contributed by atoms with Crippen molar-refractivity contribution in [1.29, 1.82) is 0 Å². The van der Waals surface area contributed by atoms with Gasteiger partial charge in [0.25, 0.3) is 10.1 Å². The van der Waals surface area contributed by atoms with Crippen LogP contribution in [0.1, 0.15) is 27.7 Å². The highest BCUT2D eigenvalue weighted by Gasteiger charge is 2.22. The zero-order chi connectivity index (χ0) is 42.0. The van der Waals surface area contributed by atoms with E-state index in [0.29, 0.717) is 61.3 Å². The molecule has 0 saturated carbocycles. The van der Waals surface area contributed by atoms with Crippen LogP contribution in [-0.2, 0) is 10.1 Å². The minimum absolute atomic E-state index is 0.0373. The Morgan fingerprint density at radius 1 is 0.759 bits per heavy atom. The lowest BCUT2D eigenvalue weighted by Gasteiger charge is -2.25. The van der Waals surface area contributed by atoms with Crippen molar-refractivity contribution in [1.82, 2.24) is 15.0 Å². The first-order valence-electron chi connectivity index (χ1n) is 17.7. The van der Waals surface area contributed by atoms with Gasteiger partial charge in [-0.25, -0.2) is 0 Å². The van der Waals surface area contributed by atoms with Crippen LogP contribution in [0.3, 0.4) is 0 Å². The lowest BCUT2D eigenvalue weighted by Crippen LogP contribution is -2.22. The van der Waals surface area contributed by atoms with E-state index in [4.69, 9.17) is 14.5 Å². The Morgan fingerprint density at radius 3 is 1.74 bits per heavy atom. The molecule has 2 aromatic carbocycles. The van der Waals surface area contributed by atoms with Crippen LogP contribution in [-0.4, -0.2) is 85.8 Å². The van der Waals surface area contributed by atoms with Crippen molar-refractivity contribution < 1.29 is 27.6 Å². The van der Waals surface area contributed by atoms with Crippen LogP contribution in [0.5, 0.6) is 11.5 Å². The SMILES string of the molecule is CCN(CC)c1cc(Nc2nc(Nc3cc(N(CC)CC)c(OC)cc3N=Nc3sc(Br)cc3S(=O)(=O)O)nc(SCCO)n2)c(N=Nc2ccc(Br)s2)cc1OC. The van der Waals surface area contributed by atoms with Crippen LogP contribution in [0.2, 0.25) is 0 Å². The van der Waals surface area contributed by atoms with Crippen molar-refractivity contribution in [3.8, 4) is 11.5 Å². The molecule has 0 amide bonds. The van der Waals surface area contributed by atoms with E-state index in [0.717, 1.165) is 39.6 Å². The fraction of sp³-hybridized carbons (Fsp3) is 0.343. The van der Waals surface area contributed by atoms with Crippen molar-refractivity contribution in [2.24, 2.45) is 20.5 Å². The van der Waals surface area contributed by atoms with Crippen molar-refractivity contribution >= 4 is 132 Å². The average molecular weight is 1000 g/mol. The molecule has 0 spiro atoms. The summed E-state index contributed by atoms with van der Waals surface area (Å²) in [5.74, 6) is 1.69. The zero-order valence-corrected chi connectivity index (χ0v) is 38.7. The van der Waals surface area contributed by atoms with Crippen LogP contribution in [0.15, 0.2) is 80.5 Å². The van der Waals surface area contributed by atoms with Gasteiger partial charge in [0.05, 0.1) is 51.1 Å². The maximum atomic E-state index is 12.1. The molecule has 4 N–H and O–H groups in total. The second kappa shape index (κ2) is 20.8. The Balaban J connectivity index is 1.65. The van der Waals surface area contributed by atoms with Crippen LogP contribution in [0.25, 0.3) is 0 Å². The maximum absolute atomic E-state index is 12.1. The lowest BCUT2D eigenvalue weighted by atomic mass is 10.2. The van der Waals surface area contributed by atoms with Gasteiger partial charge in [-0.05, 0) is 89.9 Å². The third-order valence-electron chi connectivity index (χ3n) is 8.22. The van der Waals surface area contributed by atoms with E-state index in [1.54, 1.807) is 19.2 Å². The predicted octanol–water partition coefficient (Wildman–Crippen LogP) is 10.9. The van der Waals surface area contributed by atoms with Gasteiger partial charge in [0.1, 0.15) is 32.8 Å². The first kappa shape index (κ1) is 45.1. The van der Waals surface area contributed by atoms with E-state index in [1.807, 2.05) is 38.1 Å². The van der Waals surface area contributed by atoms with E-state index in [1.165, 1.54) is 36.3 Å². The number of rotatable bonds is 20. The summed E-state index contributed by atoms with van der Waals surface area (Å²) in [5, 5.41) is 34.9. The normalized spacial score (nSPS) is 11.8. The van der Waals surface area contributed by atoms with Gasteiger partial charge in [-0.15, -0.1) is 43.1 Å². The average Bonchev–Trinajstić information content (AvgIpc) is 3.81. The summed E-state index contributed by atoms with van der Waals surface area (Å²) in [6, 6.07) is 12.2. The molecule has 5 aromatic rings. The molecule has 0 unspecified atom stereocenters. The largest absolute Gasteiger partial charge is 0.494 e. The molecular formula is C35H41Br2N11O6S4. The molecular weight excluding hydrogens is 959 g/mol. The molecule has 3 heterocycles. The van der Waals surface area contributed by atoms with E-state index in [2.05, 4.69) is 96.6 Å². The van der Waals surface area contributed by atoms with E-state index >= 15 is 0 Å². The van der Waals surface area contributed by atoms with E-state index in [9.17, 15) is 18.1 Å². The summed E-state index contributed by atoms with van der Waals surface area (Å²) in [6.07, 6.45) is 0. The Hall–Kier alpha value is -3.97. The van der Waals surface area contributed by atoms with E-state index in [-0.39, 0.29) is 29.2 Å². The lowest BCUT2D eigenvalue weighted by molar-refractivity contribution is 0.322. The van der Waals surface area contributed by atoms with Gasteiger partial charge < -0.3 is 35.0 Å². The molecule has 3 aromatic heterocycles. The van der Waals surface area contributed by atoms with Crippen LogP contribution < -0.4 is 29.9 Å². The first-order chi connectivity index (χ1) is 27.8. The summed E-state index contributed by atoms with van der Waals surface area (Å²) in [5.41, 5.74) is 3.21. The molecule has 5 rings (SSSR count). The Bertz CT molecular complexity index is 2370. The van der Waals surface area contributed by atoms with Crippen LogP contribution in [0.4, 0.5) is 56.0 Å². The van der Waals surface area contributed by atoms with Crippen molar-refractivity contribution in [2.45, 2.75) is 37.7 Å². The van der Waals surface area contributed by atoms with Crippen molar-refractivity contribution in [2.75, 3.05) is 73.2 Å². The number of nitrogens with one attached hydrogen (secondary N) is 2. The molecule has 0 aliphatic rings. The molecule has 0 atom stereocenters. The number of benzene rings is 2. The fourth-order valence-electron chi connectivity index (χ4n) is 5.49. The Morgan fingerprint density at radius 2 is 1.29 bits per heavy atom. The molecule has 23 heteroatoms. The number of thioether (sulfide) groups is 1. The Labute approximate surface area is 365 Å². The van der Waals surface area contributed by atoms with E-state index < -0.39 is 15.0 Å². The third-order valence-corrected chi connectivity index (χ3v) is 13.1. The summed E-state index contributed by atoms with van der Waals surface area (Å²) in [7, 11) is -1.45. The number of aliphatic hydroxyl groups is 1. The number of aliphatic hydroxyl groups excluding tert-OH is 1. The standard InChI is InChI=1S/C35H41Br2N11O6S4/c1-7-47(8-2)24-15-20(22(17-26(24)53-5)43-45-31-12-11-29(36)56-31)38-33-40-34(42-35(41-33)55-14-13-49)39-21-16-25(48(9-3)10-4)27(54-6)18-23(21)44-46-32-28(58(50,51)52)19-30(37)57-32/h11-12,15-19,49H,7-10,13-14H2,1-6H3,(H,50,51,52)(H2,38,39,40,41,42). The molecule has 0 bridgehead atoms. The number of methoxy groups -OCH3 is 2. The second-order valence-corrected chi connectivity index (χ2v) is 19.0. The highest BCUT2D eigenvalue weighted by molar-refractivity contribution is 9.11. The zero-order valence-electron chi connectivity index (χ0n) is 32.2. The summed E-state index contributed by atoms with van der Waals surface area (Å²) in [6.45, 7) is 10.8. The van der Waals surface area contributed by atoms with Gasteiger partial charge in [-0.2, -0.15) is 23.4 Å². The summed E-state index contributed by atoms with van der Waals surface area (Å²) in [4.78, 5) is 17.9. The molecule has 0 radical (unpaired) electrons. The number of hydrogen-bond donors (Lipinski definition) is 4. The smallest absolute Gasteiger partial charge is 0.297 e. The number of azo groups is 2. The summed E-state index contributed by atoms with van der Waals surface area (Å²) < 4.78 is 47.0. The highest BCUT2D eigenvalue weighted by atomic mass is 79.9. The second-order valence-electron chi connectivity index (χ2n) is 11.7. The molecule has 0 saturated heterocycles. The quantitative estimate of drug-likeness (QED) is 0.0325. The monoisotopic (exact) mass is 997 g/mol. The number of aromatic nitrogens is 3. The summed E-state index contributed by atoms with van der Waals surface area (Å²) >= 11 is 10.4. The van der Waals surface area contributed by atoms with Gasteiger partial charge in [0.15, 0.2) is 10.2 Å². The number of hydrogen-bond acceptors (Lipinski definition) is 19. The molecule has 0 fully saturated rings. The molecule has 58 heavy (non-hydrogen) atoms. The number of anilines is 6. The third kappa shape index (κ3) is 11.4. The van der Waals surface area contributed by atoms with Gasteiger partial charge in [0, 0.05) is 44.1 Å². The van der Waals surface area contributed by atoms with Crippen LogP contribution >= 0.6 is 66.3 Å². The molecule has 0 aliphatic heterocycles. The number of halogens is 2. The first-order valence-corrected chi connectivity index (χ1v) is 23.3. The molecule has 17 nitrogen and oxygen atoms in total. The van der Waals surface area contributed by atoms with Gasteiger partial charge in [-0.1, -0.05) is 11.8 Å². The van der Waals surface area contributed by atoms with Gasteiger partial charge >= 0.3 is 0 Å². The van der Waals surface area contributed by atoms with Gasteiger partial charge in [-0.3, -0.25) is 4.55 Å². The maximum Gasteiger partial charge on any atom is 0.297 e. The van der Waals surface area contributed by atoms with Gasteiger partial charge in [0.2, 0.25) is 11.9 Å². The highest BCUT2D eigenvalue weighted by Crippen LogP contribution is 2.44. The predicted molar refractivity (Wildman–Crippen MR) is 240 cm³/mol. The van der Waals surface area contributed by atoms with Crippen molar-refractivity contribution in [3.05, 3.63) is 50.0 Å².